The van der Waals surface area contributed by atoms with Crippen LogP contribution in [-0.2, 0) is 0 Å². The van der Waals surface area contributed by atoms with E-state index in [2.05, 4.69) is 91.5 Å². The molecule has 0 aliphatic carbocycles. The Balaban J connectivity index is 1.64. The van der Waals surface area contributed by atoms with E-state index in [9.17, 15) is 0 Å². The molecular weight excluding hydrogens is 405 g/mol. The quantitative estimate of drug-likeness (QED) is 0.317. The molecule has 1 aliphatic heterocycles. The van der Waals surface area contributed by atoms with Crippen LogP contribution in [0.3, 0.4) is 0 Å². The highest BCUT2D eigenvalue weighted by Gasteiger charge is 2.25. The van der Waals surface area contributed by atoms with Gasteiger partial charge in [-0.3, -0.25) is 0 Å². The lowest BCUT2D eigenvalue weighted by Gasteiger charge is -2.39. The predicted molar refractivity (Wildman–Crippen MR) is 138 cm³/mol. The maximum Gasteiger partial charge on any atom is 0.0426 e. The summed E-state index contributed by atoms with van der Waals surface area (Å²) in [7, 11) is 4.72. The topological polar surface area (TPSA) is 18.5 Å². The van der Waals surface area contributed by atoms with Crippen molar-refractivity contribution in [2.45, 2.75) is 23.8 Å². The lowest BCUT2D eigenvalue weighted by Crippen LogP contribution is -2.44. The fraction of sp³-hybridized carbons (Fsp3) is 0.280. The highest BCUT2D eigenvalue weighted by molar-refractivity contribution is 7.97. The van der Waals surface area contributed by atoms with Gasteiger partial charge in [-0.2, -0.15) is 0 Å². The van der Waals surface area contributed by atoms with Crippen molar-refractivity contribution in [2.75, 3.05) is 36.9 Å². The first-order valence-electron chi connectivity index (χ1n) is 10.4. The van der Waals surface area contributed by atoms with Crippen LogP contribution in [-0.4, -0.2) is 37.0 Å². The van der Waals surface area contributed by atoms with Gasteiger partial charge in [-0.25, -0.2) is 4.31 Å². The third-order valence-electron chi connectivity index (χ3n) is 5.31. The summed E-state index contributed by atoms with van der Waals surface area (Å²) < 4.78 is 2.49. The largest absolute Gasteiger partial charge is 0.388 e. The summed E-state index contributed by atoms with van der Waals surface area (Å²) in [6, 6.07) is 17.9. The Morgan fingerprint density at radius 1 is 1.17 bits per heavy atom. The van der Waals surface area contributed by atoms with Crippen molar-refractivity contribution in [2.24, 2.45) is 0 Å². The lowest BCUT2D eigenvalue weighted by atomic mass is 10.0. The van der Waals surface area contributed by atoms with E-state index in [1.165, 1.54) is 15.9 Å². The second-order valence-corrected chi connectivity index (χ2v) is 9.34. The molecule has 2 aromatic carbocycles. The van der Waals surface area contributed by atoms with Gasteiger partial charge in [0.25, 0.3) is 0 Å². The average molecular weight is 438 g/mol. The fourth-order valence-electron chi connectivity index (χ4n) is 3.65. The van der Waals surface area contributed by atoms with Crippen LogP contribution in [0.1, 0.15) is 12.8 Å². The van der Waals surface area contributed by atoms with Crippen LogP contribution >= 0.6 is 21.2 Å². The molecule has 2 aromatic rings. The Hall–Kier alpha value is -2.00. The normalized spacial score (nSPS) is 15.3. The lowest BCUT2D eigenvalue weighted by molar-refractivity contribution is 0.336. The van der Waals surface area contributed by atoms with Crippen LogP contribution in [0, 0.1) is 0 Å². The van der Waals surface area contributed by atoms with Gasteiger partial charge in [0.1, 0.15) is 0 Å². The summed E-state index contributed by atoms with van der Waals surface area (Å²) in [4.78, 5) is 3.81. The monoisotopic (exact) mass is 437 g/mol. The number of benzene rings is 2. The van der Waals surface area contributed by atoms with Crippen molar-refractivity contribution in [3.05, 3.63) is 85.5 Å². The molecule has 30 heavy (non-hydrogen) atoms. The molecule has 1 heterocycles. The maximum absolute atomic E-state index is 4.25. The Bertz CT molecular complexity index is 853. The third kappa shape index (κ3) is 6.50. The Labute approximate surface area is 188 Å². The second-order valence-electron chi connectivity index (χ2n) is 7.50. The smallest absolute Gasteiger partial charge is 0.0426 e. The Kier molecular flexibility index (Phi) is 8.62. The number of hydrogen-bond acceptors (Lipinski definition) is 4. The molecule has 3 rings (SSSR count). The molecule has 3 nitrogen and oxygen atoms in total. The molecule has 1 unspecified atom stereocenters. The van der Waals surface area contributed by atoms with Crippen molar-refractivity contribution < 1.29 is 0 Å². The van der Waals surface area contributed by atoms with E-state index in [1.54, 1.807) is 6.08 Å². The van der Waals surface area contributed by atoms with E-state index in [0.717, 1.165) is 43.7 Å². The van der Waals surface area contributed by atoms with E-state index in [0.29, 0.717) is 6.04 Å². The van der Waals surface area contributed by atoms with Crippen LogP contribution in [0.5, 0.6) is 0 Å². The van der Waals surface area contributed by atoms with E-state index in [1.807, 2.05) is 25.1 Å². The van der Waals surface area contributed by atoms with Gasteiger partial charge in [-0.15, -0.1) is 9.24 Å². The number of piperidine rings is 1. The first kappa shape index (κ1) is 22.7. The number of nitrogens with zero attached hydrogens (tertiary/aromatic N) is 2. The van der Waals surface area contributed by atoms with Gasteiger partial charge < -0.3 is 10.2 Å². The molecule has 5 heteroatoms. The molecule has 0 aromatic heterocycles. The van der Waals surface area contributed by atoms with E-state index < -0.39 is 0 Å². The van der Waals surface area contributed by atoms with Gasteiger partial charge in [0, 0.05) is 49.0 Å². The van der Waals surface area contributed by atoms with Gasteiger partial charge in [-0.05, 0) is 72.1 Å². The standard InChI is InChI=1S/C25H32N3PS/c1-4-5-6-20(2)19-28(22-9-11-24(29)12-10-22)23-15-17-27(18-16-23)30-25-13-7-21(26-3)8-14-25/h4-14,23,26H,1-2,15-19,29H2,3H3/b6-5-. The molecular formula is C25H32N3PS. The van der Waals surface area contributed by atoms with Gasteiger partial charge in [-0.1, -0.05) is 43.5 Å². The van der Waals surface area contributed by atoms with Gasteiger partial charge >= 0.3 is 0 Å². The van der Waals surface area contributed by atoms with Crippen LogP contribution in [0.15, 0.2) is 90.4 Å². The van der Waals surface area contributed by atoms with Crippen LogP contribution in [0.2, 0.25) is 0 Å². The predicted octanol–water partition coefficient (Wildman–Crippen LogP) is 5.51. The third-order valence-corrected chi connectivity index (χ3v) is 6.80. The highest BCUT2D eigenvalue weighted by Crippen LogP contribution is 2.30. The van der Waals surface area contributed by atoms with Crippen molar-refractivity contribution in [1.29, 1.82) is 0 Å². The molecule has 0 spiro atoms. The number of nitrogens with one attached hydrogen (secondary N) is 1. The molecule has 158 valence electrons. The number of allylic oxidation sites excluding steroid dienone is 2. The Morgan fingerprint density at radius 3 is 2.43 bits per heavy atom. The van der Waals surface area contributed by atoms with Crippen molar-refractivity contribution in [3.8, 4) is 0 Å². The maximum atomic E-state index is 4.25. The zero-order valence-electron chi connectivity index (χ0n) is 17.8. The van der Waals surface area contributed by atoms with Gasteiger partial charge in [0.15, 0.2) is 0 Å². The molecule has 0 radical (unpaired) electrons. The summed E-state index contributed by atoms with van der Waals surface area (Å²) >= 11 is 1.86. The summed E-state index contributed by atoms with van der Waals surface area (Å²) in [5.74, 6) is 0. The van der Waals surface area contributed by atoms with Gasteiger partial charge in [0.2, 0.25) is 0 Å². The van der Waals surface area contributed by atoms with E-state index >= 15 is 0 Å². The molecule has 1 fully saturated rings. The van der Waals surface area contributed by atoms with E-state index in [4.69, 9.17) is 0 Å². The molecule has 1 aliphatic rings. The molecule has 0 saturated carbocycles. The molecule has 1 N–H and O–H groups in total. The molecule has 0 amide bonds. The summed E-state index contributed by atoms with van der Waals surface area (Å²) in [5, 5.41) is 4.38. The summed E-state index contributed by atoms with van der Waals surface area (Å²) in [6.45, 7) is 11.0. The summed E-state index contributed by atoms with van der Waals surface area (Å²) in [5.41, 5.74) is 3.52. The zero-order chi connectivity index (χ0) is 21.3. The highest BCUT2D eigenvalue weighted by atomic mass is 32.2. The molecule has 1 atom stereocenters. The van der Waals surface area contributed by atoms with Gasteiger partial charge in [0.05, 0.1) is 0 Å². The number of anilines is 2. The van der Waals surface area contributed by atoms with E-state index in [-0.39, 0.29) is 0 Å². The average Bonchev–Trinajstić information content (AvgIpc) is 2.78. The first-order valence-corrected chi connectivity index (χ1v) is 11.7. The zero-order valence-corrected chi connectivity index (χ0v) is 19.7. The minimum atomic E-state index is 0.512. The van der Waals surface area contributed by atoms with Crippen LogP contribution in [0.25, 0.3) is 0 Å². The summed E-state index contributed by atoms with van der Waals surface area (Å²) in [6.07, 6.45) is 8.11. The Morgan fingerprint density at radius 2 is 1.83 bits per heavy atom. The number of rotatable bonds is 9. The minimum Gasteiger partial charge on any atom is -0.388 e. The van der Waals surface area contributed by atoms with Crippen LogP contribution < -0.4 is 15.5 Å². The SMILES string of the molecule is C=C/C=C\C(=C)CN(c1ccc(P)cc1)C1CCN(Sc2ccc(NC)cc2)CC1. The fourth-order valence-corrected chi connectivity index (χ4v) is 4.79. The van der Waals surface area contributed by atoms with Crippen molar-refractivity contribution >= 4 is 37.9 Å². The van der Waals surface area contributed by atoms with Crippen LogP contribution in [0.4, 0.5) is 11.4 Å². The van der Waals surface area contributed by atoms with Crippen molar-refractivity contribution in [3.63, 3.8) is 0 Å². The first-order chi connectivity index (χ1) is 14.6. The number of hydrogen-bond donors (Lipinski definition) is 1. The molecule has 0 bridgehead atoms. The minimum absolute atomic E-state index is 0.512. The van der Waals surface area contributed by atoms with Crippen molar-refractivity contribution in [1.82, 2.24) is 4.31 Å². The second kappa shape index (κ2) is 11.4. The molecule has 1 saturated heterocycles.